The van der Waals surface area contributed by atoms with Gasteiger partial charge in [-0.1, -0.05) is 0 Å². The number of fused-ring (bicyclic) bond motifs is 1. The molecule has 9 heteroatoms. The molecule has 0 bridgehead atoms. The van der Waals surface area contributed by atoms with E-state index in [0.29, 0.717) is 38.2 Å². The third-order valence-electron chi connectivity index (χ3n) is 5.11. The Morgan fingerprint density at radius 2 is 2.27 bits per heavy atom. The van der Waals surface area contributed by atoms with E-state index in [1.807, 2.05) is 28.0 Å². The zero-order chi connectivity index (χ0) is 18.3. The summed E-state index contributed by atoms with van der Waals surface area (Å²) in [5, 5.41) is 8.46. The van der Waals surface area contributed by atoms with E-state index in [4.69, 9.17) is 0 Å². The van der Waals surface area contributed by atoms with Gasteiger partial charge in [0.15, 0.2) is 0 Å². The first-order chi connectivity index (χ1) is 12.5. The molecule has 0 aliphatic carbocycles. The van der Waals surface area contributed by atoms with Crippen LogP contribution in [0.1, 0.15) is 31.0 Å². The van der Waals surface area contributed by atoms with Gasteiger partial charge in [0.2, 0.25) is 15.9 Å². The smallest absolute Gasteiger partial charge is 0.235 e. The predicted molar refractivity (Wildman–Crippen MR) is 101 cm³/mol. The van der Waals surface area contributed by atoms with E-state index in [0.717, 1.165) is 12.1 Å². The highest BCUT2D eigenvalue weighted by molar-refractivity contribution is 7.93. The molecule has 4 heterocycles. The van der Waals surface area contributed by atoms with E-state index in [2.05, 4.69) is 10.5 Å². The molecule has 2 aliphatic rings. The van der Waals surface area contributed by atoms with Gasteiger partial charge in [-0.3, -0.25) is 13.8 Å². The maximum Gasteiger partial charge on any atom is 0.235 e. The highest BCUT2D eigenvalue weighted by atomic mass is 32.2. The van der Waals surface area contributed by atoms with Crippen molar-refractivity contribution in [1.82, 2.24) is 14.7 Å². The summed E-state index contributed by atoms with van der Waals surface area (Å²) < 4.78 is 27.8. The molecule has 1 atom stereocenters. The first-order valence-corrected chi connectivity index (χ1v) is 11.4. The van der Waals surface area contributed by atoms with Crippen molar-refractivity contribution in [2.24, 2.45) is 0 Å². The number of hydrogen-bond acceptors (Lipinski definition) is 5. The third kappa shape index (κ3) is 3.14. The number of amides is 1. The van der Waals surface area contributed by atoms with Gasteiger partial charge in [0.1, 0.15) is 0 Å². The number of anilines is 1. The zero-order valence-corrected chi connectivity index (χ0v) is 16.3. The molecule has 26 heavy (non-hydrogen) atoms. The molecule has 0 unspecified atom stereocenters. The first-order valence-electron chi connectivity index (χ1n) is 8.81. The molecule has 4 rings (SSSR count). The lowest BCUT2D eigenvalue weighted by Gasteiger charge is -2.35. The quantitative estimate of drug-likeness (QED) is 0.793. The normalized spacial score (nSPS) is 21.8. The molecule has 0 aromatic carbocycles. The summed E-state index contributed by atoms with van der Waals surface area (Å²) in [6, 6.07) is 2.09. The van der Waals surface area contributed by atoms with Crippen LogP contribution in [-0.2, 0) is 34.3 Å². The van der Waals surface area contributed by atoms with Crippen LogP contribution in [0.4, 0.5) is 5.69 Å². The average Bonchev–Trinajstić information content (AvgIpc) is 3.31. The van der Waals surface area contributed by atoms with Crippen molar-refractivity contribution in [2.75, 3.05) is 16.6 Å². The van der Waals surface area contributed by atoms with Crippen molar-refractivity contribution in [2.45, 2.75) is 45.3 Å². The largest absolute Gasteiger partial charge is 0.332 e. The fraction of sp³-hybridized carbons (Fsp3) is 0.529. The van der Waals surface area contributed by atoms with Crippen LogP contribution in [0.2, 0.25) is 0 Å². The lowest BCUT2D eigenvalue weighted by molar-refractivity contribution is -0.135. The average molecular weight is 395 g/mol. The van der Waals surface area contributed by atoms with Crippen LogP contribution in [0.15, 0.2) is 23.0 Å². The summed E-state index contributed by atoms with van der Waals surface area (Å²) in [6.07, 6.45) is 3.46. The van der Waals surface area contributed by atoms with E-state index >= 15 is 0 Å². The Hall–Kier alpha value is -1.87. The topological polar surface area (TPSA) is 75.5 Å². The first kappa shape index (κ1) is 17.5. The molecule has 140 valence electrons. The third-order valence-corrected chi connectivity index (χ3v) is 7.70. The molecule has 2 aromatic rings. The molecule has 7 nitrogen and oxygen atoms in total. The lowest BCUT2D eigenvalue weighted by atomic mass is 10.1. The summed E-state index contributed by atoms with van der Waals surface area (Å²) in [5.74, 6) is 0.281. The van der Waals surface area contributed by atoms with Crippen molar-refractivity contribution in [3.63, 3.8) is 0 Å². The predicted octanol–water partition coefficient (Wildman–Crippen LogP) is 1.85. The van der Waals surface area contributed by atoms with E-state index in [1.54, 1.807) is 17.5 Å². The van der Waals surface area contributed by atoms with Crippen molar-refractivity contribution in [1.29, 1.82) is 0 Å². The summed E-state index contributed by atoms with van der Waals surface area (Å²) >= 11 is 1.64. The van der Waals surface area contributed by atoms with Crippen LogP contribution in [0.25, 0.3) is 0 Å². The minimum atomic E-state index is -3.26. The second-order valence-corrected chi connectivity index (χ2v) is 9.70. The molecule has 0 radical (unpaired) electrons. The Kier molecular flexibility index (Phi) is 4.52. The Balaban J connectivity index is 1.53. The van der Waals surface area contributed by atoms with E-state index in [-0.39, 0.29) is 17.7 Å². The number of hydrogen-bond donors (Lipinski definition) is 0. The number of aryl methyl sites for hydroxylation is 1. The summed E-state index contributed by atoms with van der Waals surface area (Å²) in [4.78, 5) is 14.6. The number of sulfonamides is 1. The molecule has 0 N–H and O–H groups in total. The van der Waals surface area contributed by atoms with Gasteiger partial charge in [-0.15, -0.1) is 0 Å². The Morgan fingerprint density at radius 3 is 2.96 bits per heavy atom. The van der Waals surface area contributed by atoms with Gasteiger partial charge in [-0.25, -0.2) is 8.42 Å². The van der Waals surface area contributed by atoms with E-state index in [1.165, 1.54) is 9.87 Å². The fourth-order valence-corrected chi connectivity index (χ4v) is 5.95. The molecule has 0 spiro atoms. The Morgan fingerprint density at radius 1 is 1.42 bits per heavy atom. The number of nitrogens with zero attached hydrogens (tertiary/aromatic N) is 4. The molecule has 1 fully saturated rings. The molecule has 0 saturated carbocycles. The standard InChI is InChI=1S/C17H22N4O3S2/c1-13-10-20-16(15(9-18-20)21-6-2-8-26(21,23)24)11-19(13)17(22)4-3-14-5-7-25-12-14/h5,7,9,12-13H,2-4,6,8,10-11H2,1H3/t13-/m0/s1. The Labute approximate surface area is 157 Å². The van der Waals surface area contributed by atoms with Gasteiger partial charge < -0.3 is 4.90 Å². The number of thiophene rings is 1. The van der Waals surface area contributed by atoms with Crippen LogP contribution >= 0.6 is 11.3 Å². The SMILES string of the molecule is C[C@H]1Cn2ncc(N3CCCS3(=O)=O)c2CN1C(=O)CCc1ccsc1. The second kappa shape index (κ2) is 6.70. The van der Waals surface area contributed by atoms with Crippen LogP contribution in [0.3, 0.4) is 0 Å². The highest BCUT2D eigenvalue weighted by Gasteiger charge is 2.35. The highest BCUT2D eigenvalue weighted by Crippen LogP contribution is 2.31. The van der Waals surface area contributed by atoms with Crippen LogP contribution < -0.4 is 4.31 Å². The monoisotopic (exact) mass is 394 g/mol. The molecule has 1 saturated heterocycles. The fourth-order valence-electron chi connectivity index (χ4n) is 3.67. The summed E-state index contributed by atoms with van der Waals surface area (Å²) in [6.45, 7) is 3.50. The number of carbonyl (C=O) groups is 1. The van der Waals surface area contributed by atoms with Gasteiger partial charge in [-0.05, 0) is 42.2 Å². The van der Waals surface area contributed by atoms with Crippen molar-refractivity contribution >= 4 is 33.0 Å². The van der Waals surface area contributed by atoms with E-state index < -0.39 is 10.0 Å². The summed E-state index contributed by atoms with van der Waals surface area (Å²) in [7, 11) is -3.26. The molecule has 1 amide bonds. The summed E-state index contributed by atoms with van der Waals surface area (Å²) in [5.41, 5.74) is 2.63. The van der Waals surface area contributed by atoms with Crippen molar-refractivity contribution in [3.05, 3.63) is 34.3 Å². The van der Waals surface area contributed by atoms with Crippen molar-refractivity contribution in [3.8, 4) is 0 Å². The van der Waals surface area contributed by atoms with E-state index in [9.17, 15) is 13.2 Å². The van der Waals surface area contributed by atoms with Crippen LogP contribution in [0.5, 0.6) is 0 Å². The number of rotatable bonds is 4. The van der Waals surface area contributed by atoms with Crippen LogP contribution in [0, 0.1) is 0 Å². The molecular formula is C17H22N4O3S2. The molecule has 2 aromatic heterocycles. The maximum atomic E-state index is 12.8. The maximum absolute atomic E-state index is 12.8. The minimum Gasteiger partial charge on any atom is -0.332 e. The van der Waals surface area contributed by atoms with Gasteiger partial charge in [0.05, 0.1) is 36.4 Å². The van der Waals surface area contributed by atoms with Gasteiger partial charge in [0.25, 0.3) is 0 Å². The number of aromatic nitrogens is 2. The Bertz CT molecular complexity index is 905. The van der Waals surface area contributed by atoms with Gasteiger partial charge >= 0.3 is 0 Å². The van der Waals surface area contributed by atoms with Crippen molar-refractivity contribution < 1.29 is 13.2 Å². The van der Waals surface area contributed by atoms with Gasteiger partial charge in [-0.2, -0.15) is 16.4 Å². The lowest BCUT2D eigenvalue weighted by Crippen LogP contribution is -2.45. The number of carbonyl (C=O) groups excluding carboxylic acids is 1. The van der Waals surface area contributed by atoms with Crippen LogP contribution in [-0.4, -0.2) is 47.3 Å². The second-order valence-electron chi connectivity index (χ2n) is 6.90. The minimum absolute atomic E-state index is 0.0420. The zero-order valence-electron chi connectivity index (χ0n) is 14.7. The molecular weight excluding hydrogens is 372 g/mol. The van der Waals surface area contributed by atoms with Gasteiger partial charge in [0, 0.05) is 19.0 Å². The molecule has 2 aliphatic heterocycles.